The number of anilines is 1. The molecule has 0 spiro atoms. The molecule has 29 heavy (non-hydrogen) atoms. The van der Waals surface area contributed by atoms with Gasteiger partial charge in [0, 0.05) is 44.2 Å². The Kier molecular flexibility index (Phi) is 6.52. The van der Waals surface area contributed by atoms with E-state index < -0.39 is 0 Å². The number of guanidine groups is 1. The van der Waals surface area contributed by atoms with E-state index in [1.54, 1.807) is 7.05 Å². The molecular formula is C23H29FN4O. The molecule has 0 aromatic heterocycles. The Labute approximate surface area is 172 Å². The largest absolute Gasteiger partial charge is 0.356 e. The van der Waals surface area contributed by atoms with Crippen molar-refractivity contribution in [2.45, 2.75) is 38.6 Å². The molecule has 6 heteroatoms. The molecule has 1 amide bonds. The maximum absolute atomic E-state index is 13.2. The van der Waals surface area contributed by atoms with Crippen molar-refractivity contribution in [3.05, 3.63) is 65.5 Å². The molecule has 2 aromatic carbocycles. The first-order chi connectivity index (χ1) is 13.9. The van der Waals surface area contributed by atoms with Gasteiger partial charge in [-0.25, -0.2) is 4.39 Å². The second kappa shape index (κ2) is 9.07. The van der Waals surface area contributed by atoms with Crippen molar-refractivity contribution in [2.24, 2.45) is 4.99 Å². The van der Waals surface area contributed by atoms with E-state index in [-0.39, 0.29) is 17.1 Å². The Balaban J connectivity index is 1.52. The number of rotatable bonds is 6. The molecule has 0 atom stereocenters. The molecule has 0 saturated carbocycles. The third-order valence-electron chi connectivity index (χ3n) is 5.33. The molecule has 5 nitrogen and oxygen atoms in total. The van der Waals surface area contributed by atoms with E-state index in [1.165, 1.54) is 12.1 Å². The number of carbonyl (C=O) groups excluding carboxylic acids is 1. The number of nitrogens with one attached hydrogen (secondary N) is 2. The normalized spacial score (nSPS) is 15.0. The van der Waals surface area contributed by atoms with Crippen LogP contribution in [-0.2, 0) is 16.8 Å². The van der Waals surface area contributed by atoms with Crippen LogP contribution in [-0.4, -0.2) is 32.0 Å². The fourth-order valence-electron chi connectivity index (χ4n) is 3.43. The van der Waals surface area contributed by atoms with Gasteiger partial charge in [-0.2, -0.15) is 0 Å². The molecule has 1 heterocycles. The van der Waals surface area contributed by atoms with Crippen LogP contribution >= 0.6 is 0 Å². The zero-order valence-corrected chi connectivity index (χ0v) is 17.3. The molecule has 0 bridgehead atoms. The summed E-state index contributed by atoms with van der Waals surface area (Å²) in [5.74, 6) is 0.679. The van der Waals surface area contributed by atoms with Crippen LogP contribution in [0.5, 0.6) is 0 Å². The molecule has 2 N–H and O–H groups in total. The highest BCUT2D eigenvalue weighted by molar-refractivity contribution is 5.95. The SMILES string of the molecule is CN=C(NCc1ccc(N2CCCC2=O)cc1)NCC(C)(C)c1ccc(F)cc1. The van der Waals surface area contributed by atoms with Crippen molar-refractivity contribution in [1.82, 2.24) is 10.6 Å². The highest BCUT2D eigenvalue weighted by atomic mass is 19.1. The molecule has 1 aliphatic rings. The number of amides is 1. The lowest BCUT2D eigenvalue weighted by Crippen LogP contribution is -2.43. The lowest BCUT2D eigenvalue weighted by molar-refractivity contribution is -0.117. The molecular weight excluding hydrogens is 367 g/mol. The molecule has 0 aliphatic carbocycles. The van der Waals surface area contributed by atoms with E-state index in [2.05, 4.69) is 29.5 Å². The van der Waals surface area contributed by atoms with Gasteiger partial charge in [0.05, 0.1) is 0 Å². The van der Waals surface area contributed by atoms with Gasteiger partial charge in [0.15, 0.2) is 5.96 Å². The molecule has 0 radical (unpaired) electrons. The van der Waals surface area contributed by atoms with Crippen molar-refractivity contribution < 1.29 is 9.18 Å². The average molecular weight is 397 g/mol. The van der Waals surface area contributed by atoms with Gasteiger partial charge in [-0.05, 0) is 41.8 Å². The Bertz CT molecular complexity index is 859. The molecule has 3 rings (SSSR count). The number of hydrogen-bond donors (Lipinski definition) is 2. The minimum atomic E-state index is -0.227. The Morgan fingerprint density at radius 3 is 2.38 bits per heavy atom. The summed E-state index contributed by atoms with van der Waals surface area (Å²) >= 11 is 0. The number of benzene rings is 2. The van der Waals surface area contributed by atoms with Crippen LogP contribution in [0.3, 0.4) is 0 Å². The number of hydrogen-bond acceptors (Lipinski definition) is 2. The summed E-state index contributed by atoms with van der Waals surface area (Å²) in [7, 11) is 1.74. The molecule has 1 aliphatic heterocycles. The van der Waals surface area contributed by atoms with Gasteiger partial charge in [-0.3, -0.25) is 9.79 Å². The van der Waals surface area contributed by atoms with Crippen LogP contribution in [0, 0.1) is 5.82 Å². The first-order valence-corrected chi connectivity index (χ1v) is 9.99. The molecule has 1 saturated heterocycles. The quantitative estimate of drug-likeness (QED) is 0.580. The van der Waals surface area contributed by atoms with Crippen molar-refractivity contribution in [3.8, 4) is 0 Å². The molecule has 0 unspecified atom stereocenters. The number of aliphatic imine (C=N–C) groups is 1. The number of nitrogens with zero attached hydrogens (tertiary/aromatic N) is 2. The van der Waals surface area contributed by atoms with Gasteiger partial charge in [0.25, 0.3) is 0 Å². The Morgan fingerprint density at radius 2 is 1.79 bits per heavy atom. The number of halogens is 1. The second-order valence-electron chi connectivity index (χ2n) is 7.99. The highest BCUT2D eigenvalue weighted by Crippen LogP contribution is 2.23. The topological polar surface area (TPSA) is 56.7 Å². The predicted molar refractivity (Wildman–Crippen MR) is 116 cm³/mol. The Morgan fingerprint density at radius 1 is 1.10 bits per heavy atom. The van der Waals surface area contributed by atoms with Crippen LogP contribution < -0.4 is 15.5 Å². The maximum atomic E-state index is 13.2. The lowest BCUT2D eigenvalue weighted by Gasteiger charge is -2.27. The van der Waals surface area contributed by atoms with E-state index in [0.29, 0.717) is 25.5 Å². The summed E-state index contributed by atoms with van der Waals surface area (Å²) in [5.41, 5.74) is 2.96. The zero-order chi connectivity index (χ0) is 20.9. The fourth-order valence-corrected chi connectivity index (χ4v) is 3.43. The summed E-state index contributed by atoms with van der Waals surface area (Å²) in [6.45, 7) is 6.31. The van der Waals surface area contributed by atoms with Crippen LogP contribution in [0.2, 0.25) is 0 Å². The second-order valence-corrected chi connectivity index (χ2v) is 7.99. The van der Waals surface area contributed by atoms with E-state index in [0.717, 1.165) is 29.8 Å². The summed E-state index contributed by atoms with van der Waals surface area (Å²) in [5, 5.41) is 6.66. The fraction of sp³-hybridized carbons (Fsp3) is 0.391. The molecule has 154 valence electrons. The van der Waals surface area contributed by atoms with Gasteiger partial charge in [0.2, 0.25) is 5.91 Å². The van der Waals surface area contributed by atoms with E-state index in [1.807, 2.05) is 41.3 Å². The zero-order valence-electron chi connectivity index (χ0n) is 17.3. The predicted octanol–water partition coefficient (Wildman–Crippen LogP) is 3.60. The van der Waals surface area contributed by atoms with Crippen LogP contribution in [0.25, 0.3) is 0 Å². The van der Waals surface area contributed by atoms with E-state index >= 15 is 0 Å². The average Bonchev–Trinajstić information content (AvgIpc) is 3.15. The minimum absolute atomic E-state index is 0.171. The summed E-state index contributed by atoms with van der Waals surface area (Å²) < 4.78 is 13.2. The van der Waals surface area contributed by atoms with Gasteiger partial charge in [-0.15, -0.1) is 0 Å². The smallest absolute Gasteiger partial charge is 0.227 e. The maximum Gasteiger partial charge on any atom is 0.227 e. The monoisotopic (exact) mass is 396 g/mol. The standard InChI is InChI=1S/C23H29FN4O/c1-23(2,18-8-10-19(24)11-9-18)16-27-22(25-3)26-15-17-6-12-20(13-7-17)28-14-4-5-21(28)29/h6-13H,4-5,14-16H2,1-3H3,(H2,25,26,27). The van der Waals surface area contributed by atoms with Gasteiger partial charge in [-0.1, -0.05) is 38.1 Å². The van der Waals surface area contributed by atoms with Crippen LogP contribution in [0.15, 0.2) is 53.5 Å². The van der Waals surface area contributed by atoms with Crippen LogP contribution in [0.1, 0.15) is 37.8 Å². The third-order valence-corrected chi connectivity index (χ3v) is 5.33. The number of carbonyl (C=O) groups is 1. The van der Waals surface area contributed by atoms with E-state index in [4.69, 9.17) is 0 Å². The van der Waals surface area contributed by atoms with Gasteiger partial charge < -0.3 is 15.5 Å². The van der Waals surface area contributed by atoms with Crippen molar-refractivity contribution >= 4 is 17.6 Å². The van der Waals surface area contributed by atoms with Crippen LogP contribution in [0.4, 0.5) is 10.1 Å². The first kappa shape index (κ1) is 20.8. The highest BCUT2D eigenvalue weighted by Gasteiger charge is 2.22. The molecule has 2 aromatic rings. The Hall–Kier alpha value is -2.89. The van der Waals surface area contributed by atoms with Crippen molar-refractivity contribution in [2.75, 3.05) is 25.0 Å². The van der Waals surface area contributed by atoms with Crippen molar-refractivity contribution in [3.63, 3.8) is 0 Å². The summed E-state index contributed by atoms with van der Waals surface area (Å²) in [4.78, 5) is 18.0. The lowest BCUT2D eigenvalue weighted by atomic mass is 9.84. The van der Waals surface area contributed by atoms with Gasteiger partial charge in [0.1, 0.15) is 5.82 Å². The van der Waals surface area contributed by atoms with Crippen molar-refractivity contribution in [1.29, 1.82) is 0 Å². The minimum Gasteiger partial charge on any atom is -0.356 e. The molecule has 1 fully saturated rings. The van der Waals surface area contributed by atoms with E-state index in [9.17, 15) is 9.18 Å². The summed E-state index contributed by atoms with van der Waals surface area (Å²) in [6.07, 6.45) is 1.57. The first-order valence-electron chi connectivity index (χ1n) is 9.99. The third kappa shape index (κ3) is 5.34. The summed E-state index contributed by atoms with van der Waals surface area (Å²) in [6, 6.07) is 14.7. The van der Waals surface area contributed by atoms with Gasteiger partial charge >= 0.3 is 0 Å².